The molecule has 1 unspecified atom stereocenters. The molecule has 2 aliphatic rings. The first-order chi connectivity index (χ1) is 7.68. The van der Waals surface area contributed by atoms with E-state index in [0.717, 1.165) is 25.3 Å². The smallest absolute Gasteiger partial charge is 0.0771 e. The van der Waals surface area contributed by atoms with Gasteiger partial charge in [0, 0.05) is 12.6 Å². The van der Waals surface area contributed by atoms with Gasteiger partial charge in [-0.05, 0) is 32.1 Å². The zero-order valence-corrected chi connectivity index (χ0v) is 10.7. The van der Waals surface area contributed by atoms with E-state index in [9.17, 15) is 5.11 Å². The molecule has 0 aromatic carbocycles. The van der Waals surface area contributed by atoms with Crippen LogP contribution in [0.5, 0.6) is 0 Å². The Morgan fingerprint density at radius 2 is 1.81 bits per heavy atom. The van der Waals surface area contributed by atoms with Crippen LogP contribution < -0.4 is 5.32 Å². The average molecular weight is 225 g/mol. The maximum atomic E-state index is 10.5. The predicted molar refractivity (Wildman–Crippen MR) is 67.5 cm³/mol. The van der Waals surface area contributed by atoms with Crippen molar-refractivity contribution in [1.82, 2.24) is 5.32 Å². The highest BCUT2D eigenvalue weighted by atomic mass is 16.3. The van der Waals surface area contributed by atoms with Crippen LogP contribution in [0.2, 0.25) is 0 Å². The molecule has 2 saturated carbocycles. The fraction of sp³-hybridized carbons (Fsp3) is 1.00. The largest absolute Gasteiger partial charge is 0.389 e. The summed E-state index contributed by atoms with van der Waals surface area (Å²) < 4.78 is 0. The lowest BCUT2D eigenvalue weighted by Crippen LogP contribution is -2.43. The molecule has 0 aliphatic heterocycles. The standard InChI is InChI=1S/C14H27NO/c1-12(10-13-6-7-13)15-11-14(16)8-4-2-3-5-9-14/h12-13,15-16H,2-11H2,1H3. The van der Waals surface area contributed by atoms with Gasteiger partial charge in [-0.15, -0.1) is 0 Å². The number of nitrogens with one attached hydrogen (secondary N) is 1. The molecule has 0 spiro atoms. The third-order valence-corrected chi connectivity index (χ3v) is 4.20. The fourth-order valence-electron chi connectivity index (χ4n) is 2.86. The summed E-state index contributed by atoms with van der Waals surface area (Å²) in [4.78, 5) is 0. The van der Waals surface area contributed by atoms with Crippen LogP contribution in [0.3, 0.4) is 0 Å². The van der Waals surface area contributed by atoms with Gasteiger partial charge in [0.05, 0.1) is 5.60 Å². The van der Waals surface area contributed by atoms with Crippen LogP contribution in [0.4, 0.5) is 0 Å². The fourth-order valence-corrected chi connectivity index (χ4v) is 2.86. The van der Waals surface area contributed by atoms with Crippen molar-refractivity contribution in [3.05, 3.63) is 0 Å². The molecule has 2 fully saturated rings. The third-order valence-electron chi connectivity index (χ3n) is 4.20. The van der Waals surface area contributed by atoms with Gasteiger partial charge in [-0.25, -0.2) is 0 Å². The van der Waals surface area contributed by atoms with E-state index in [4.69, 9.17) is 0 Å². The molecule has 0 bridgehead atoms. The van der Waals surface area contributed by atoms with Gasteiger partial charge in [-0.1, -0.05) is 38.5 Å². The Kier molecular flexibility index (Phi) is 4.26. The minimum Gasteiger partial charge on any atom is -0.389 e. The maximum Gasteiger partial charge on any atom is 0.0771 e. The first-order valence-corrected chi connectivity index (χ1v) is 7.14. The van der Waals surface area contributed by atoms with Gasteiger partial charge in [0.1, 0.15) is 0 Å². The Labute approximate surface area is 99.8 Å². The number of hydrogen-bond acceptors (Lipinski definition) is 2. The predicted octanol–water partition coefficient (Wildman–Crippen LogP) is 2.85. The normalized spacial score (nSPS) is 27.4. The summed E-state index contributed by atoms with van der Waals surface area (Å²) in [5.41, 5.74) is -0.408. The summed E-state index contributed by atoms with van der Waals surface area (Å²) in [6, 6.07) is 0.583. The molecular weight excluding hydrogens is 198 g/mol. The lowest BCUT2D eigenvalue weighted by atomic mass is 9.94. The van der Waals surface area contributed by atoms with Gasteiger partial charge in [0.15, 0.2) is 0 Å². The van der Waals surface area contributed by atoms with Gasteiger partial charge in [-0.2, -0.15) is 0 Å². The van der Waals surface area contributed by atoms with Crippen LogP contribution in [-0.4, -0.2) is 23.3 Å². The van der Waals surface area contributed by atoms with E-state index in [1.165, 1.54) is 44.9 Å². The summed E-state index contributed by atoms with van der Waals surface area (Å²) in [5.74, 6) is 0.978. The molecule has 2 heteroatoms. The molecule has 2 N–H and O–H groups in total. The second-order valence-corrected chi connectivity index (χ2v) is 6.10. The van der Waals surface area contributed by atoms with Crippen molar-refractivity contribution in [2.45, 2.75) is 76.4 Å². The lowest BCUT2D eigenvalue weighted by molar-refractivity contribution is 0.0228. The van der Waals surface area contributed by atoms with E-state index in [2.05, 4.69) is 12.2 Å². The van der Waals surface area contributed by atoms with Gasteiger partial charge >= 0.3 is 0 Å². The second-order valence-electron chi connectivity index (χ2n) is 6.10. The van der Waals surface area contributed by atoms with Crippen molar-refractivity contribution in [2.75, 3.05) is 6.54 Å². The summed E-state index contributed by atoms with van der Waals surface area (Å²) in [5, 5.41) is 14.0. The molecule has 0 aromatic heterocycles. The molecule has 0 saturated heterocycles. The summed E-state index contributed by atoms with van der Waals surface area (Å²) in [7, 11) is 0. The monoisotopic (exact) mass is 225 g/mol. The first kappa shape index (κ1) is 12.4. The quantitative estimate of drug-likeness (QED) is 0.705. The Hall–Kier alpha value is -0.0800. The Morgan fingerprint density at radius 3 is 2.38 bits per heavy atom. The van der Waals surface area contributed by atoms with Crippen LogP contribution >= 0.6 is 0 Å². The first-order valence-electron chi connectivity index (χ1n) is 7.14. The van der Waals surface area contributed by atoms with E-state index in [1.807, 2.05) is 0 Å². The van der Waals surface area contributed by atoms with Crippen molar-refractivity contribution < 1.29 is 5.11 Å². The summed E-state index contributed by atoms with van der Waals surface area (Å²) in [6.07, 6.45) is 11.2. The highest BCUT2D eigenvalue weighted by Crippen LogP contribution is 2.33. The maximum absolute atomic E-state index is 10.5. The molecule has 1 atom stereocenters. The van der Waals surface area contributed by atoms with Crippen LogP contribution in [0.1, 0.15) is 64.7 Å². The molecule has 0 radical (unpaired) electrons. The highest BCUT2D eigenvalue weighted by molar-refractivity contribution is 4.85. The number of rotatable bonds is 5. The van der Waals surface area contributed by atoms with Crippen LogP contribution in [-0.2, 0) is 0 Å². The molecule has 2 nitrogen and oxygen atoms in total. The number of hydrogen-bond donors (Lipinski definition) is 2. The van der Waals surface area contributed by atoms with E-state index in [0.29, 0.717) is 6.04 Å². The topological polar surface area (TPSA) is 32.3 Å². The summed E-state index contributed by atoms with van der Waals surface area (Å²) >= 11 is 0. The van der Waals surface area contributed by atoms with Gasteiger partial charge in [-0.3, -0.25) is 0 Å². The lowest BCUT2D eigenvalue weighted by Gasteiger charge is -2.28. The van der Waals surface area contributed by atoms with E-state index in [1.54, 1.807) is 0 Å². The molecule has 2 aliphatic carbocycles. The van der Waals surface area contributed by atoms with Gasteiger partial charge in [0.2, 0.25) is 0 Å². The van der Waals surface area contributed by atoms with Crippen LogP contribution in [0.15, 0.2) is 0 Å². The van der Waals surface area contributed by atoms with Crippen molar-refractivity contribution in [3.8, 4) is 0 Å². The third kappa shape index (κ3) is 4.06. The minimum absolute atomic E-state index is 0.408. The van der Waals surface area contributed by atoms with Gasteiger partial charge in [0.25, 0.3) is 0 Å². The van der Waals surface area contributed by atoms with Crippen molar-refractivity contribution >= 4 is 0 Å². The van der Waals surface area contributed by atoms with Crippen LogP contribution in [0.25, 0.3) is 0 Å². The SMILES string of the molecule is CC(CC1CC1)NCC1(O)CCCCCC1. The van der Waals surface area contributed by atoms with Crippen molar-refractivity contribution in [3.63, 3.8) is 0 Å². The van der Waals surface area contributed by atoms with E-state index >= 15 is 0 Å². The molecule has 94 valence electrons. The highest BCUT2D eigenvalue weighted by Gasteiger charge is 2.29. The Morgan fingerprint density at radius 1 is 1.19 bits per heavy atom. The zero-order chi connectivity index (χ0) is 11.4. The summed E-state index contributed by atoms with van der Waals surface area (Å²) in [6.45, 7) is 3.07. The molecule has 2 rings (SSSR count). The molecule has 0 heterocycles. The van der Waals surface area contributed by atoms with Crippen molar-refractivity contribution in [1.29, 1.82) is 0 Å². The molecule has 0 amide bonds. The van der Waals surface area contributed by atoms with Gasteiger partial charge < -0.3 is 10.4 Å². The molecule has 16 heavy (non-hydrogen) atoms. The Balaban J connectivity index is 1.69. The van der Waals surface area contributed by atoms with E-state index in [-0.39, 0.29) is 0 Å². The van der Waals surface area contributed by atoms with Crippen LogP contribution in [0, 0.1) is 5.92 Å². The number of aliphatic hydroxyl groups is 1. The molecule has 0 aromatic rings. The molecular formula is C14H27NO. The minimum atomic E-state index is -0.408. The van der Waals surface area contributed by atoms with Crippen molar-refractivity contribution in [2.24, 2.45) is 5.92 Å². The zero-order valence-electron chi connectivity index (χ0n) is 10.7. The Bertz CT molecular complexity index is 205. The average Bonchev–Trinajstić information content (AvgIpc) is 3.05. The second kappa shape index (κ2) is 5.50. The van der Waals surface area contributed by atoms with E-state index < -0.39 is 5.60 Å².